The van der Waals surface area contributed by atoms with E-state index in [4.69, 9.17) is 9.47 Å². The molecule has 0 saturated carbocycles. The first-order valence-electron chi connectivity index (χ1n) is 8.07. The fourth-order valence-corrected chi connectivity index (χ4v) is 2.08. The average Bonchev–Trinajstić information content (AvgIpc) is 2.43. The summed E-state index contributed by atoms with van der Waals surface area (Å²) in [6, 6.07) is 7.89. The van der Waals surface area contributed by atoms with Crippen molar-refractivity contribution in [3.8, 4) is 0 Å². The normalized spacial score (nSPS) is 12.7. The molecule has 132 valence electrons. The number of ether oxygens (including phenoxy) is 2. The topological polar surface area (TPSA) is 64.6 Å². The zero-order valence-corrected chi connectivity index (χ0v) is 15.1. The van der Waals surface area contributed by atoms with Gasteiger partial charge in [-0.3, -0.25) is 4.79 Å². The molecule has 5 heteroatoms. The molecule has 0 saturated heterocycles. The second kappa shape index (κ2) is 9.11. The van der Waals surface area contributed by atoms with Gasteiger partial charge in [-0.25, -0.2) is 4.79 Å². The summed E-state index contributed by atoms with van der Waals surface area (Å²) in [4.78, 5) is 22.6. The highest BCUT2D eigenvalue weighted by Crippen LogP contribution is 2.13. The summed E-state index contributed by atoms with van der Waals surface area (Å²) in [7, 11) is 0. The SMILES string of the molecule is CC(=O)O[C@@H](C)/C=C/c1ccccc1CCNC(=O)OC(C)(C)C. The molecule has 0 aliphatic carbocycles. The van der Waals surface area contributed by atoms with E-state index in [2.05, 4.69) is 5.32 Å². The summed E-state index contributed by atoms with van der Waals surface area (Å²) in [5.41, 5.74) is 1.62. The number of nitrogens with one attached hydrogen (secondary N) is 1. The van der Waals surface area contributed by atoms with Gasteiger partial charge in [-0.1, -0.05) is 30.3 Å². The molecule has 0 fully saturated rings. The second-order valence-electron chi connectivity index (χ2n) is 6.55. The van der Waals surface area contributed by atoms with Gasteiger partial charge in [-0.05, 0) is 51.3 Å². The zero-order valence-electron chi connectivity index (χ0n) is 15.1. The Bertz CT molecular complexity index is 587. The summed E-state index contributed by atoms with van der Waals surface area (Å²) in [6.07, 6.45) is 3.74. The van der Waals surface area contributed by atoms with Crippen molar-refractivity contribution in [3.63, 3.8) is 0 Å². The molecule has 5 nitrogen and oxygen atoms in total. The van der Waals surface area contributed by atoms with Crippen LogP contribution < -0.4 is 5.32 Å². The van der Waals surface area contributed by atoms with Crippen LogP contribution in [0, 0.1) is 0 Å². The number of rotatable bonds is 6. The lowest BCUT2D eigenvalue weighted by atomic mass is 10.0. The molecule has 0 aromatic heterocycles. The van der Waals surface area contributed by atoms with Crippen molar-refractivity contribution in [2.45, 2.75) is 52.7 Å². The molecule has 0 bridgehead atoms. The summed E-state index contributed by atoms with van der Waals surface area (Å²) < 4.78 is 10.3. The smallest absolute Gasteiger partial charge is 0.407 e. The minimum Gasteiger partial charge on any atom is -0.459 e. The van der Waals surface area contributed by atoms with Gasteiger partial charge >= 0.3 is 12.1 Å². The molecule has 1 N–H and O–H groups in total. The molecule has 0 spiro atoms. The van der Waals surface area contributed by atoms with Crippen molar-refractivity contribution >= 4 is 18.1 Å². The summed E-state index contributed by atoms with van der Waals surface area (Å²) in [6.45, 7) is 9.18. The van der Waals surface area contributed by atoms with Crippen molar-refractivity contribution in [2.24, 2.45) is 0 Å². The molecule has 1 aromatic carbocycles. The first kappa shape index (κ1) is 19.7. The fraction of sp³-hybridized carbons (Fsp3) is 0.474. The first-order chi connectivity index (χ1) is 11.2. The number of hydrogen-bond acceptors (Lipinski definition) is 4. The summed E-state index contributed by atoms with van der Waals surface area (Å²) in [5, 5.41) is 2.75. The van der Waals surface area contributed by atoms with Crippen LogP contribution in [0.4, 0.5) is 4.79 Å². The van der Waals surface area contributed by atoms with Crippen LogP contribution in [0.1, 0.15) is 45.7 Å². The van der Waals surface area contributed by atoms with Gasteiger partial charge in [0.05, 0.1) is 0 Å². The fourth-order valence-electron chi connectivity index (χ4n) is 2.08. The Kier molecular flexibility index (Phi) is 7.49. The van der Waals surface area contributed by atoms with Gasteiger partial charge in [0.1, 0.15) is 11.7 Å². The molecule has 0 aliphatic rings. The van der Waals surface area contributed by atoms with Gasteiger partial charge in [0, 0.05) is 13.5 Å². The molecular weight excluding hydrogens is 306 g/mol. The van der Waals surface area contributed by atoms with E-state index in [1.807, 2.05) is 64.1 Å². The molecular formula is C19H27NO4. The Hall–Kier alpha value is -2.30. The number of hydrogen-bond donors (Lipinski definition) is 1. The van der Waals surface area contributed by atoms with Crippen LogP contribution >= 0.6 is 0 Å². The van der Waals surface area contributed by atoms with Crippen LogP contribution in [0.3, 0.4) is 0 Å². The van der Waals surface area contributed by atoms with E-state index >= 15 is 0 Å². The van der Waals surface area contributed by atoms with Crippen LogP contribution in [0.15, 0.2) is 30.3 Å². The third kappa shape index (κ3) is 8.36. The highest BCUT2D eigenvalue weighted by Gasteiger charge is 2.15. The third-order valence-electron chi connectivity index (χ3n) is 3.02. The number of carbonyl (C=O) groups is 2. The maximum absolute atomic E-state index is 11.7. The average molecular weight is 333 g/mol. The van der Waals surface area contributed by atoms with Crippen molar-refractivity contribution in [1.29, 1.82) is 0 Å². The zero-order chi connectivity index (χ0) is 18.2. The number of esters is 1. The first-order valence-corrected chi connectivity index (χ1v) is 8.07. The number of carbonyl (C=O) groups excluding carboxylic acids is 2. The monoisotopic (exact) mass is 333 g/mol. The predicted octanol–water partition coefficient (Wildman–Crippen LogP) is 3.72. The quantitative estimate of drug-likeness (QED) is 0.806. The molecule has 0 aliphatic heterocycles. The van der Waals surface area contributed by atoms with Gasteiger partial charge in [0.2, 0.25) is 0 Å². The van der Waals surface area contributed by atoms with E-state index in [0.717, 1.165) is 11.1 Å². The molecule has 0 radical (unpaired) electrons. The maximum Gasteiger partial charge on any atom is 0.407 e. The largest absolute Gasteiger partial charge is 0.459 e. The molecule has 24 heavy (non-hydrogen) atoms. The van der Waals surface area contributed by atoms with Crippen LogP contribution in [-0.4, -0.2) is 30.3 Å². The van der Waals surface area contributed by atoms with E-state index in [-0.39, 0.29) is 12.1 Å². The Morgan fingerprint density at radius 3 is 2.54 bits per heavy atom. The van der Waals surface area contributed by atoms with Gasteiger partial charge in [0.25, 0.3) is 0 Å². The number of benzene rings is 1. The van der Waals surface area contributed by atoms with Crippen molar-refractivity contribution in [3.05, 3.63) is 41.5 Å². The van der Waals surface area contributed by atoms with E-state index in [9.17, 15) is 9.59 Å². The Morgan fingerprint density at radius 2 is 1.92 bits per heavy atom. The molecule has 0 heterocycles. The third-order valence-corrected chi connectivity index (χ3v) is 3.02. The number of amides is 1. The van der Waals surface area contributed by atoms with Crippen LogP contribution in [0.2, 0.25) is 0 Å². The van der Waals surface area contributed by atoms with Crippen LogP contribution in [-0.2, 0) is 20.7 Å². The van der Waals surface area contributed by atoms with Crippen molar-refractivity contribution in [2.75, 3.05) is 6.54 Å². The molecule has 1 aromatic rings. The van der Waals surface area contributed by atoms with Crippen molar-refractivity contribution < 1.29 is 19.1 Å². The van der Waals surface area contributed by atoms with Gasteiger partial charge in [0.15, 0.2) is 0 Å². The maximum atomic E-state index is 11.7. The van der Waals surface area contributed by atoms with Gasteiger partial charge < -0.3 is 14.8 Å². The lowest BCUT2D eigenvalue weighted by Crippen LogP contribution is -2.33. The van der Waals surface area contributed by atoms with Crippen LogP contribution in [0.25, 0.3) is 6.08 Å². The molecule has 1 rings (SSSR count). The Balaban J connectivity index is 2.59. The molecule has 1 atom stereocenters. The predicted molar refractivity (Wildman–Crippen MR) is 94.6 cm³/mol. The Labute approximate surface area is 144 Å². The summed E-state index contributed by atoms with van der Waals surface area (Å²) in [5.74, 6) is -0.304. The lowest BCUT2D eigenvalue weighted by molar-refractivity contribution is -0.143. The van der Waals surface area contributed by atoms with E-state index in [0.29, 0.717) is 13.0 Å². The summed E-state index contributed by atoms with van der Waals surface area (Å²) >= 11 is 0. The van der Waals surface area contributed by atoms with E-state index < -0.39 is 11.7 Å². The number of alkyl carbamates (subject to hydrolysis) is 1. The van der Waals surface area contributed by atoms with E-state index in [1.165, 1.54) is 6.92 Å². The Morgan fingerprint density at radius 1 is 1.25 bits per heavy atom. The highest BCUT2D eigenvalue weighted by atomic mass is 16.6. The van der Waals surface area contributed by atoms with E-state index in [1.54, 1.807) is 0 Å². The van der Waals surface area contributed by atoms with Crippen LogP contribution in [0.5, 0.6) is 0 Å². The molecule has 1 amide bonds. The molecule has 0 unspecified atom stereocenters. The minimum atomic E-state index is -0.502. The standard InChI is InChI=1S/C19H27NO4/c1-14(23-15(2)21)10-11-16-8-6-7-9-17(16)12-13-20-18(22)24-19(3,4)5/h6-11,14H,12-13H2,1-5H3,(H,20,22)/b11-10+/t14-/m0/s1. The van der Waals surface area contributed by atoms with Gasteiger partial charge in [-0.2, -0.15) is 0 Å². The van der Waals surface area contributed by atoms with Crippen molar-refractivity contribution in [1.82, 2.24) is 5.32 Å². The highest BCUT2D eigenvalue weighted by molar-refractivity contribution is 5.68. The minimum absolute atomic E-state index is 0.282. The lowest BCUT2D eigenvalue weighted by Gasteiger charge is -2.19. The van der Waals surface area contributed by atoms with Gasteiger partial charge in [-0.15, -0.1) is 0 Å². The second-order valence-corrected chi connectivity index (χ2v) is 6.55.